The molecule has 0 aliphatic heterocycles. The summed E-state index contributed by atoms with van der Waals surface area (Å²) in [5.74, 6) is 0.963. The number of rotatable bonds is 12. The van der Waals surface area contributed by atoms with Crippen LogP contribution in [0.2, 0.25) is 0 Å². The summed E-state index contributed by atoms with van der Waals surface area (Å²) in [5.41, 5.74) is 8.63. The van der Waals surface area contributed by atoms with Crippen LogP contribution in [0.4, 0.5) is 0 Å². The predicted octanol–water partition coefficient (Wildman–Crippen LogP) is 8.33. The first-order valence-corrected chi connectivity index (χ1v) is 13.4. The molecule has 188 valence electrons. The number of aromatic nitrogens is 1. The fourth-order valence-corrected chi connectivity index (χ4v) is 4.99. The smallest absolute Gasteiger partial charge is 0.128 e. The molecule has 0 radical (unpaired) electrons. The molecule has 0 fully saturated rings. The van der Waals surface area contributed by atoms with E-state index in [1.807, 2.05) is 0 Å². The largest absolute Gasteiger partial charge is 0.491 e. The Bertz CT molecular complexity index is 1050. The first-order chi connectivity index (χ1) is 16.9. The number of benzene rings is 2. The van der Waals surface area contributed by atoms with Gasteiger partial charge in [0.15, 0.2) is 0 Å². The van der Waals surface area contributed by atoms with E-state index in [2.05, 4.69) is 108 Å². The lowest BCUT2D eigenvalue weighted by molar-refractivity contribution is 0.206. The number of aryl methyl sites for hydroxylation is 3. The average molecular weight is 473 g/mol. The highest BCUT2D eigenvalue weighted by molar-refractivity contribution is 5.70. The van der Waals surface area contributed by atoms with Crippen LogP contribution >= 0.6 is 0 Å². The van der Waals surface area contributed by atoms with E-state index in [-0.39, 0.29) is 6.10 Å². The molecule has 0 saturated heterocycles. The van der Waals surface area contributed by atoms with Crippen LogP contribution in [-0.2, 0) is 19.4 Å². The molecule has 0 spiro atoms. The highest BCUT2D eigenvalue weighted by Crippen LogP contribution is 2.35. The zero-order valence-corrected chi connectivity index (χ0v) is 22.9. The second-order valence-electron chi connectivity index (χ2n) is 9.88. The highest BCUT2D eigenvalue weighted by atomic mass is 16.5. The monoisotopic (exact) mass is 472 g/mol. The molecular weight excluding hydrogens is 428 g/mol. The summed E-state index contributed by atoms with van der Waals surface area (Å²) in [7, 11) is 2.24. The number of nitrogens with zero attached hydrogens (tertiary/aromatic N) is 2. The molecule has 0 aliphatic rings. The Hall–Kier alpha value is -2.65. The molecular formula is C32H44N2O. The van der Waals surface area contributed by atoms with Gasteiger partial charge in [-0.05, 0) is 63.8 Å². The Labute approximate surface area is 213 Å². The zero-order chi connectivity index (χ0) is 25.4. The van der Waals surface area contributed by atoms with Crippen LogP contribution in [-0.4, -0.2) is 23.0 Å². The van der Waals surface area contributed by atoms with Crippen molar-refractivity contribution in [2.45, 2.75) is 92.3 Å². The summed E-state index contributed by atoms with van der Waals surface area (Å²) < 4.78 is 6.44. The lowest BCUT2D eigenvalue weighted by atomic mass is 9.94. The maximum Gasteiger partial charge on any atom is 0.128 e. The molecule has 0 amide bonds. The minimum absolute atomic E-state index is 0.103. The lowest BCUT2D eigenvalue weighted by Crippen LogP contribution is -2.25. The maximum absolute atomic E-state index is 6.44. The fraction of sp³-hybridized carbons (Fsp3) is 0.469. The Morgan fingerprint density at radius 3 is 2.14 bits per heavy atom. The van der Waals surface area contributed by atoms with Crippen molar-refractivity contribution in [2.24, 2.45) is 0 Å². The number of ether oxygens (including phenoxy) is 1. The zero-order valence-electron chi connectivity index (χ0n) is 22.9. The highest BCUT2D eigenvalue weighted by Gasteiger charge is 2.22. The van der Waals surface area contributed by atoms with Gasteiger partial charge in [0.2, 0.25) is 0 Å². The van der Waals surface area contributed by atoms with Crippen molar-refractivity contribution in [3.05, 3.63) is 82.5 Å². The maximum atomic E-state index is 6.44. The van der Waals surface area contributed by atoms with Crippen LogP contribution in [0.3, 0.4) is 0 Å². The summed E-state index contributed by atoms with van der Waals surface area (Å²) in [6.07, 6.45) is 5.64. The van der Waals surface area contributed by atoms with Crippen molar-refractivity contribution in [1.29, 1.82) is 0 Å². The second kappa shape index (κ2) is 12.9. The minimum atomic E-state index is 0.103. The predicted molar refractivity (Wildman–Crippen MR) is 149 cm³/mol. The van der Waals surface area contributed by atoms with Crippen LogP contribution in [0.15, 0.2) is 54.6 Å². The number of pyridine rings is 1. The van der Waals surface area contributed by atoms with Gasteiger partial charge >= 0.3 is 0 Å². The summed E-state index contributed by atoms with van der Waals surface area (Å²) in [6.45, 7) is 13.9. The van der Waals surface area contributed by atoms with E-state index in [1.54, 1.807) is 0 Å². The Morgan fingerprint density at radius 1 is 0.914 bits per heavy atom. The van der Waals surface area contributed by atoms with Gasteiger partial charge in [0.1, 0.15) is 5.75 Å². The molecule has 0 N–H and O–H groups in total. The van der Waals surface area contributed by atoms with Crippen molar-refractivity contribution in [1.82, 2.24) is 9.88 Å². The quantitative estimate of drug-likeness (QED) is 0.265. The summed E-state index contributed by atoms with van der Waals surface area (Å²) >= 11 is 0. The van der Waals surface area contributed by atoms with Gasteiger partial charge in [-0.1, -0.05) is 82.1 Å². The molecule has 3 nitrogen and oxygen atoms in total. The SMILES string of the molecule is CCCCC(c1ccccc1)N(C)Cc1c(OC(C)C)cc(-c2c(CC)cccc2CC)nc1C. The Balaban J connectivity index is 2.04. The molecule has 35 heavy (non-hydrogen) atoms. The van der Waals surface area contributed by atoms with E-state index in [0.717, 1.165) is 42.9 Å². The third kappa shape index (κ3) is 6.73. The summed E-state index contributed by atoms with van der Waals surface area (Å²) in [4.78, 5) is 7.64. The third-order valence-electron chi connectivity index (χ3n) is 6.86. The number of hydrogen-bond acceptors (Lipinski definition) is 3. The van der Waals surface area contributed by atoms with Crippen molar-refractivity contribution in [3.8, 4) is 17.0 Å². The van der Waals surface area contributed by atoms with Gasteiger partial charge in [0, 0.05) is 35.5 Å². The minimum Gasteiger partial charge on any atom is -0.491 e. The van der Waals surface area contributed by atoms with Crippen molar-refractivity contribution < 1.29 is 4.74 Å². The molecule has 2 aromatic carbocycles. The van der Waals surface area contributed by atoms with Gasteiger partial charge in [0.05, 0.1) is 11.8 Å². The van der Waals surface area contributed by atoms with Crippen LogP contribution in [0.1, 0.15) is 87.9 Å². The Morgan fingerprint density at radius 2 is 1.57 bits per heavy atom. The van der Waals surface area contributed by atoms with Crippen LogP contribution < -0.4 is 4.74 Å². The van der Waals surface area contributed by atoms with Crippen molar-refractivity contribution >= 4 is 0 Å². The Kier molecular flexibility index (Phi) is 9.92. The van der Waals surface area contributed by atoms with Crippen LogP contribution in [0, 0.1) is 6.92 Å². The van der Waals surface area contributed by atoms with Gasteiger partial charge in [-0.15, -0.1) is 0 Å². The molecule has 3 aromatic rings. The first-order valence-electron chi connectivity index (χ1n) is 13.4. The molecule has 1 unspecified atom stereocenters. The molecule has 1 aromatic heterocycles. The molecule has 0 bridgehead atoms. The van der Waals surface area contributed by atoms with E-state index in [1.165, 1.54) is 40.7 Å². The first kappa shape index (κ1) is 26.9. The standard InChI is InChI=1S/C32H44N2O/c1-8-11-20-30(27-16-13-12-14-17-27)34(7)22-28-24(6)33-29(21-31(28)35-23(4)5)32-25(9-2)18-15-19-26(32)10-3/h12-19,21,23,30H,8-11,20,22H2,1-7H3. The second-order valence-corrected chi connectivity index (χ2v) is 9.88. The van der Waals surface area contributed by atoms with Gasteiger partial charge < -0.3 is 4.74 Å². The van der Waals surface area contributed by atoms with Crippen molar-refractivity contribution in [2.75, 3.05) is 7.05 Å². The van der Waals surface area contributed by atoms with Gasteiger partial charge in [0.25, 0.3) is 0 Å². The number of hydrogen-bond donors (Lipinski definition) is 0. The van der Waals surface area contributed by atoms with Crippen LogP contribution in [0.25, 0.3) is 11.3 Å². The molecule has 3 rings (SSSR count). The normalized spacial score (nSPS) is 12.4. The van der Waals surface area contributed by atoms with Gasteiger partial charge in [-0.25, -0.2) is 0 Å². The molecule has 1 heterocycles. The number of unbranched alkanes of at least 4 members (excludes halogenated alkanes) is 1. The molecule has 3 heteroatoms. The van der Waals surface area contributed by atoms with E-state index in [0.29, 0.717) is 6.04 Å². The van der Waals surface area contributed by atoms with E-state index < -0.39 is 0 Å². The molecule has 1 atom stereocenters. The summed E-state index contributed by atoms with van der Waals surface area (Å²) in [6, 6.07) is 20.1. The van der Waals surface area contributed by atoms with Crippen LogP contribution in [0.5, 0.6) is 5.75 Å². The van der Waals surface area contributed by atoms with Gasteiger partial charge in [-0.2, -0.15) is 0 Å². The van der Waals surface area contributed by atoms with E-state index >= 15 is 0 Å². The molecule has 0 saturated carbocycles. The van der Waals surface area contributed by atoms with Gasteiger partial charge in [-0.3, -0.25) is 9.88 Å². The third-order valence-corrected chi connectivity index (χ3v) is 6.86. The van der Waals surface area contributed by atoms with E-state index in [9.17, 15) is 0 Å². The van der Waals surface area contributed by atoms with E-state index in [4.69, 9.17) is 9.72 Å². The summed E-state index contributed by atoms with van der Waals surface area (Å²) in [5, 5.41) is 0. The van der Waals surface area contributed by atoms with Crippen molar-refractivity contribution in [3.63, 3.8) is 0 Å². The topological polar surface area (TPSA) is 25.4 Å². The lowest BCUT2D eigenvalue weighted by Gasteiger charge is -2.30. The average Bonchev–Trinajstić information content (AvgIpc) is 2.85. The molecule has 0 aliphatic carbocycles. The fourth-order valence-electron chi connectivity index (χ4n) is 4.99.